The summed E-state index contributed by atoms with van der Waals surface area (Å²) in [6.45, 7) is 15.6. The zero-order valence-corrected chi connectivity index (χ0v) is 17.3. The molecule has 2 aliphatic rings. The van der Waals surface area contributed by atoms with Gasteiger partial charge in [-0.1, -0.05) is 46.8 Å². The summed E-state index contributed by atoms with van der Waals surface area (Å²) in [4.78, 5) is 17.6. The van der Waals surface area contributed by atoms with Gasteiger partial charge in [-0.25, -0.2) is 0 Å². The van der Waals surface area contributed by atoms with Crippen LogP contribution in [0.1, 0.15) is 69.8 Å². The number of amides is 1. The summed E-state index contributed by atoms with van der Waals surface area (Å²) >= 11 is 0. The third-order valence-corrected chi connectivity index (χ3v) is 6.63. The Balaban J connectivity index is 1.55. The van der Waals surface area contributed by atoms with E-state index in [4.69, 9.17) is 0 Å². The molecule has 1 aromatic rings. The minimum Gasteiger partial charge on any atom is -0.339 e. The molecule has 2 unspecified atom stereocenters. The fraction of sp³-hybridized carbons (Fsp3) is 0.696. The molecule has 0 N–H and O–H groups in total. The van der Waals surface area contributed by atoms with Crippen molar-refractivity contribution in [2.45, 2.75) is 65.3 Å². The topological polar surface area (TPSA) is 23.6 Å². The maximum atomic E-state index is 12.9. The van der Waals surface area contributed by atoms with Crippen LogP contribution in [0.5, 0.6) is 0 Å². The molecular formula is C23H36N2O. The molecule has 2 fully saturated rings. The van der Waals surface area contributed by atoms with E-state index in [-0.39, 0.29) is 11.3 Å². The smallest absolute Gasteiger partial charge is 0.253 e. The number of hydrogen-bond acceptors (Lipinski definition) is 2. The Morgan fingerprint density at radius 1 is 0.923 bits per heavy atom. The number of rotatable bonds is 2. The monoisotopic (exact) mass is 356 g/mol. The van der Waals surface area contributed by atoms with Gasteiger partial charge in [-0.05, 0) is 60.8 Å². The molecule has 0 spiro atoms. The molecule has 0 saturated carbocycles. The summed E-state index contributed by atoms with van der Waals surface area (Å²) in [6.07, 6.45) is 3.56. The van der Waals surface area contributed by atoms with Crippen molar-refractivity contribution in [3.05, 3.63) is 35.4 Å². The number of benzene rings is 1. The summed E-state index contributed by atoms with van der Waals surface area (Å²) in [6, 6.07) is 8.88. The molecule has 0 aromatic heterocycles. The lowest BCUT2D eigenvalue weighted by Gasteiger charge is -2.43. The Kier molecular flexibility index (Phi) is 5.76. The van der Waals surface area contributed by atoms with Crippen molar-refractivity contribution in [3.63, 3.8) is 0 Å². The summed E-state index contributed by atoms with van der Waals surface area (Å²) in [5, 5.41) is 0. The minimum absolute atomic E-state index is 0.128. The van der Waals surface area contributed by atoms with Crippen molar-refractivity contribution >= 4 is 5.91 Å². The molecule has 0 radical (unpaired) electrons. The highest BCUT2D eigenvalue weighted by Gasteiger charge is 2.31. The van der Waals surface area contributed by atoms with Gasteiger partial charge in [0.15, 0.2) is 0 Å². The molecule has 2 atom stereocenters. The normalized spacial score (nSPS) is 26.1. The predicted molar refractivity (Wildman–Crippen MR) is 109 cm³/mol. The molecule has 144 valence electrons. The third-order valence-electron chi connectivity index (χ3n) is 6.63. The van der Waals surface area contributed by atoms with Crippen LogP contribution in [0, 0.1) is 11.8 Å². The van der Waals surface area contributed by atoms with Crippen LogP contribution in [0.4, 0.5) is 0 Å². The first-order valence-corrected chi connectivity index (χ1v) is 10.4. The number of piperidine rings is 2. The van der Waals surface area contributed by atoms with Gasteiger partial charge in [-0.3, -0.25) is 9.69 Å². The van der Waals surface area contributed by atoms with E-state index >= 15 is 0 Å². The molecule has 2 heterocycles. The first-order chi connectivity index (χ1) is 12.3. The Morgan fingerprint density at radius 2 is 1.54 bits per heavy atom. The van der Waals surface area contributed by atoms with Gasteiger partial charge in [0.05, 0.1) is 0 Å². The fourth-order valence-corrected chi connectivity index (χ4v) is 4.36. The average Bonchev–Trinajstić information content (AvgIpc) is 2.63. The van der Waals surface area contributed by atoms with Gasteiger partial charge in [-0.2, -0.15) is 0 Å². The van der Waals surface area contributed by atoms with Crippen molar-refractivity contribution in [3.8, 4) is 0 Å². The maximum Gasteiger partial charge on any atom is 0.253 e. The fourth-order valence-electron chi connectivity index (χ4n) is 4.36. The van der Waals surface area contributed by atoms with E-state index in [1.54, 1.807) is 0 Å². The summed E-state index contributed by atoms with van der Waals surface area (Å²) < 4.78 is 0. The highest BCUT2D eigenvalue weighted by atomic mass is 16.2. The van der Waals surface area contributed by atoms with Crippen LogP contribution in [0.25, 0.3) is 0 Å². The van der Waals surface area contributed by atoms with Gasteiger partial charge in [0, 0.05) is 31.2 Å². The van der Waals surface area contributed by atoms with Crippen molar-refractivity contribution in [2.24, 2.45) is 11.8 Å². The van der Waals surface area contributed by atoms with Gasteiger partial charge in [0.25, 0.3) is 5.91 Å². The second-order valence-corrected chi connectivity index (χ2v) is 9.59. The lowest BCUT2D eigenvalue weighted by Crippen LogP contribution is -2.50. The van der Waals surface area contributed by atoms with Gasteiger partial charge >= 0.3 is 0 Å². The molecule has 3 nitrogen and oxygen atoms in total. The molecular weight excluding hydrogens is 320 g/mol. The average molecular weight is 357 g/mol. The third kappa shape index (κ3) is 4.31. The van der Waals surface area contributed by atoms with Crippen LogP contribution in [0.15, 0.2) is 24.3 Å². The van der Waals surface area contributed by atoms with Crippen molar-refractivity contribution < 1.29 is 4.79 Å². The van der Waals surface area contributed by atoms with Gasteiger partial charge in [0.1, 0.15) is 0 Å². The molecule has 1 aromatic carbocycles. The molecule has 0 bridgehead atoms. The first-order valence-electron chi connectivity index (χ1n) is 10.4. The zero-order valence-electron chi connectivity index (χ0n) is 17.3. The molecule has 26 heavy (non-hydrogen) atoms. The van der Waals surface area contributed by atoms with Crippen molar-refractivity contribution in [1.82, 2.24) is 9.80 Å². The lowest BCUT2D eigenvalue weighted by molar-refractivity contribution is 0.0459. The van der Waals surface area contributed by atoms with Crippen LogP contribution in [-0.2, 0) is 5.41 Å². The van der Waals surface area contributed by atoms with E-state index in [1.165, 1.54) is 25.1 Å². The highest BCUT2D eigenvalue weighted by molar-refractivity contribution is 5.94. The number of carbonyl (C=O) groups is 1. The van der Waals surface area contributed by atoms with E-state index in [2.05, 4.69) is 56.6 Å². The molecule has 2 saturated heterocycles. The number of nitrogens with zero attached hydrogens (tertiary/aromatic N) is 2. The highest BCUT2D eigenvalue weighted by Crippen LogP contribution is 2.28. The molecule has 3 heteroatoms. The SMILES string of the molecule is CC1CCN(C2CCN(C(=O)c3ccc(C(C)(C)C)cc3)CC2)CC1C. The maximum absolute atomic E-state index is 12.9. The van der Waals surface area contributed by atoms with Crippen molar-refractivity contribution in [2.75, 3.05) is 26.2 Å². The van der Waals surface area contributed by atoms with E-state index in [9.17, 15) is 4.79 Å². The molecule has 0 aliphatic carbocycles. The molecule has 3 rings (SSSR count). The van der Waals surface area contributed by atoms with Gasteiger partial charge in [0.2, 0.25) is 0 Å². The van der Waals surface area contributed by atoms with Crippen LogP contribution < -0.4 is 0 Å². The van der Waals surface area contributed by atoms with E-state index in [1.807, 2.05) is 12.1 Å². The Bertz CT molecular complexity index is 608. The Labute approximate surface area is 159 Å². The first kappa shape index (κ1) is 19.4. The Hall–Kier alpha value is -1.35. The van der Waals surface area contributed by atoms with E-state index in [0.29, 0.717) is 6.04 Å². The van der Waals surface area contributed by atoms with Gasteiger partial charge in [-0.15, -0.1) is 0 Å². The van der Waals surface area contributed by atoms with Crippen LogP contribution in [-0.4, -0.2) is 47.9 Å². The number of hydrogen-bond donors (Lipinski definition) is 0. The second kappa shape index (κ2) is 7.72. The van der Waals surface area contributed by atoms with Gasteiger partial charge < -0.3 is 4.90 Å². The summed E-state index contributed by atoms with van der Waals surface area (Å²) in [7, 11) is 0. The van der Waals surface area contributed by atoms with Crippen molar-refractivity contribution in [1.29, 1.82) is 0 Å². The predicted octanol–water partition coefficient (Wildman–Crippen LogP) is 4.57. The lowest BCUT2D eigenvalue weighted by atomic mass is 9.86. The summed E-state index contributed by atoms with van der Waals surface area (Å²) in [5.74, 6) is 1.85. The standard InChI is InChI=1S/C23H36N2O/c1-17-10-13-25(16-18(17)2)21-11-14-24(15-12-21)22(26)19-6-8-20(9-7-19)23(3,4)5/h6-9,17-18,21H,10-16H2,1-5H3. The van der Waals surface area contributed by atoms with Crippen LogP contribution in [0.3, 0.4) is 0 Å². The van der Waals surface area contributed by atoms with Crippen LogP contribution >= 0.6 is 0 Å². The van der Waals surface area contributed by atoms with Crippen LogP contribution in [0.2, 0.25) is 0 Å². The van der Waals surface area contributed by atoms with E-state index < -0.39 is 0 Å². The Morgan fingerprint density at radius 3 is 2.08 bits per heavy atom. The zero-order chi connectivity index (χ0) is 18.9. The quantitative estimate of drug-likeness (QED) is 0.775. The number of carbonyl (C=O) groups excluding carboxylic acids is 1. The second-order valence-electron chi connectivity index (χ2n) is 9.59. The largest absolute Gasteiger partial charge is 0.339 e. The summed E-state index contributed by atoms with van der Waals surface area (Å²) in [5.41, 5.74) is 2.24. The van der Waals surface area contributed by atoms with E-state index in [0.717, 1.165) is 43.3 Å². The number of likely N-dealkylation sites (tertiary alicyclic amines) is 2. The molecule has 1 amide bonds. The minimum atomic E-state index is 0.128. The molecule has 2 aliphatic heterocycles.